The predicted octanol–water partition coefficient (Wildman–Crippen LogP) is 6.89. The van der Waals surface area contributed by atoms with E-state index in [-0.39, 0.29) is 0 Å². The van der Waals surface area contributed by atoms with Crippen molar-refractivity contribution < 1.29 is 4.74 Å². The fourth-order valence-electron chi connectivity index (χ4n) is 4.69. The second-order valence-electron chi connectivity index (χ2n) is 9.50. The van der Waals surface area contributed by atoms with Crippen LogP contribution in [0, 0.1) is 0 Å². The van der Waals surface area contributed by atoms with Crippen molar-refractivity contribution in [1.29, 1.82) is 0 Å². The molecule has 0 amide bonds. The monoisotopic (exact) mass is 523 g/mol. The lowest BCUT2D eigenvalue weighted by atomic mass is 10.0. The largest absolute Gasteiger partial charge is 0.438 e. The van der Waals surface area contributed by atoms with Gasteiger partial charge in [-0.05, 0) is 48.9 Å². The summed E-state index contributed by atoms with van der Waals surface area (Å²) in [4.78, 5) is 15.8. The Hall–Kier alpha value is -5.37. The number of aromatic nitrogens is 5. The molecule has 8 nitrogen and oxygen atoms in total. The summed E-state index contributed by atoms with van der Waals surface area (Å²) in [6.07, 6.45) is 4.67. The molecule has 194 valence electrons. The molecular formula is C32H25N7O. The summed E-state index contributed by atoms with van der Waals surface area (Å²) in [5.74, 6) is 2.59. The molecule has 8 heteroatoms. The fourth-order valence-corrected chi connectivity index (χ4v) is 4.69. The summed E-state index contributed by atoms with van der Waals surface area (Å²) in [6, 6.07) is 31.7. The quantitative estimate of drug-likeness (QED) is 0.242. The van der Waals surface area contributed by atoms with Gasteiger partial charge in [-0.15, -0.1) is 10.2 Å². The zero-order valence-corrected chi connectivity index (χ0v) is 21.6. The number of anilines is 3. The molecule has 3 aromatic heterocycles. The number of pyridine rings is 1. The van der Waals surface area contributed by atoms with Gasteiger partial charge in [-0.3, -0.25) is 0 Å². The molecule has 6 aromatic rings. The van der Waals surface area contributed by atoms with Gasteiger partial charge in [0.05, 0.1) is 11.3 Å². The third-order valence-electron chi connectivity index (χ3n) is 6.89. The minimum absolute atomic E-state index is 0.491. The highest BCUT2D eigenvalue weighted by atomic mass is 16.5. The topological polar surface area (TPSA) is 89.0 Å². The molecule has 1 aliphatic heterocycles. The van der Waals surface area contributed by atoms with Gasteiger partial charge in [-0.25, -0.2) is 15.0 Å². The van der Waals surface area contributed by atoms with Crippen LogP contribution in [0.4, 0.5) is 17.5 Å². The molecule has 3 aromatic carbocycles. The third-order valence-corrected chi connectivity index (χ3v) is 6.89. The third kappa shape index (κ3) is 4.67. The Morgan fingerprint density at radius 1 is 0.700 bits per heavy atom. The first-order valence-electron chi connectivity index (χ1n) is 13.2. The Bertz CT molecular complexity index is 1790. The van der Waals surface area contributed by atoms with Gasteiger partial charge < -0.3 is 15.0 Å². The number of fused-ring (bicyclic) bond motifs is 1. The van der Waals surface area contributed by atoms with Crippen LogP contribution in [0.1, 0.15) is 6.42 Å². The second-order valence-corrected chi connectivity index (χ2v) is 9.50. The van der Waals surface area contributed by atoms with Gasteiger partial charge in [-0.2, -0.15) is 0 Å². The van der Waals surface area contributed by atoms with Gasteiger partial charge in [0.1, 0.15) is 11.4 Å². The first kappa shape index (κ1) is 23.7. The van der Waals surface area contributed by atoms with Crippen LogP contribution in [-0.2, 0) is 0 Å². The normalized spacial score (nSPS) is 12.7. The summed E-state index contributed by atoms with van der Waals surface area (Å²) in [6.45, 7) is 1.97. The molecule has 4 heterocycles. The standard InChI is InChI=1S/C32H25N7O/c1-2-8-22(9-3-1)29-25-10-4-5-11-26(25)30(38-37-29)35-23-13-15-24(16-14-23)40-31-27(12-6-18-33-31)28-17-19-34-32(36-28)39-20-7-21-39/h1-6,8-19H,7,20-21H2,(H,35,38). The van der Waals surface area contributed by atoms with E-state index in [4.69, 9.17) is 9.72 Å². The van der Waals surface area contributed by atoms with Crippen LogP contribution in [0.5, 0.6) is 11.6 Å². The highest BCUT2D eigenvalue weighted by molar-refractivity contribution is 6.00. The van der Waals surface area contributed by atoms with Gasteiger partial charge in [0.2, 0.25) is 11.8 Å². The first-order chi connectivity index (χ1) is 19.8. The van der Waals surface area contributed by atoms with Crippen molar-refractivity contribution in [3.8, 4) is 34.1 Å². The van der Waals surface area contributed by atoms with Crippen LogP contribution in [0.2, 0.25) is 0 Å². The molecule has 0 spiro atoms. The van der Waals surface area contributed by atoms with Crippen molar-refractivity contribution in [3.63, 3.8) is 0 Å². The van der Waals surface area contributed by atoms with Crippen LogP contribution < -0.4 is 15.0 Å². The van der Waals surface area contributed by atoms with Gasteiger partial charge in [0.25, 0.3) is 0 Å². The van der Waals surface area contributed by atoms with E-state index in [9.17, 15) is 0 Å². The summed E-state index contributed by atoms with van der Waals surface area (Å²) in [5, 5.41) is 14.5. The Morgan fingerprint density at radius 3 is 2.30 bits per heavy atom. The average Bonchev–Trinajstić information content (AvgIpc) is 2.98. The van der Waals surface area contributed by atoms with E-state index in [0.717, 1.165) is 58.0 Å². The van der Waals surface area contributed by atoms with Crippen molar-refractivity contribution in [3.05, 3.63) is 109 Å². The number of hydrogen-bond acceptors (Lipinski definition) is 8. The number of rotatable bonds is 7. The zero-order chi connectivity index (χ0) is 26.7. The molecule has 7 rings (SSSR count). The molecule has 0 aliphatic carbocycles. The van der Waals surface area contributed by atoms with Crippen molar-refractivity contribution in [1.82, 2.24) is 25.1 Å². The number of ether oxygens (including phenoxy) is 1. The molecule has 1 aliphatic rings. The SMILES string of the molecule is c1ccc(-c2nnc(Nc3ccc(Oc4ncccc4-c4ccnc(N5CCC5)n4)cc3)c3ccccc23)cc1. The molecule has 0 saturated carbocycles. The molecule has 1 fully saturated rings. The summed E-state index contributed by atoms with van der Waals surface area (Å²) in [5.41, 5.74) is 4.36. The van der Waals surface area contributed by atoms with Gasteiger partial charge >= 0.3 is 0 Å². The van der Waals surface area contributed by atoms with Gasteiger partial charge in [0.15, 0.2) is 5.82 Å². The van der Waals surface area contributed by atoms with Crippen LogP contribution in [0.3, 0.4) is 0 Å². The summed E-state index contributed by atoms with van der Waals surface area (Å²) < 4.78 is 6.20. The Labute approximate surface area is 231 Å². The molecule has 0 radical (unpaired) electrons. The maximum atomic E-state index is 6.20. The number of nitrogens with one attached hydrogen (secondary N) is 1. The highest BCUT2D eigenvalue weighted by Crippen LogP contribution is 2.33. The van der Waals surface area contributed by atoms with E-state index in [1.165, 1.54) is 6.42 Å². The van der Waals surface area contributed by atoms with E-state index in [0.29, 0.717) is 17.4 Å². The second kappa shape index (κ2) is 10.4. The lowest BCUT2D eigenvalue weighted by molar-refractivity contribution is 0.465. The Balaban J connectivity index is 1.13. The Morgan fingerprint density at radius 2 is 1.50 bits per heavy atom. The minimum Gasteiger partial charge on any atom is -0.438 e. The summed E-state index contributed by atoms with van der Waals surface area (Å²) in [7, 11) is 0. The van der Waals surface area contributed by atoms with E-state index >= 15 is 0 Å². The van der Waals surface area contributed by atoms with E-state index in [2.05, 4.69) is 42.5 Å². The lowest BCUT2D eigenvalue weighted by Gasteiger charge is -2.30. The predicted molar refractivity (Wildman–Crippen MR) is 157 cm³/mol. The lowest BCUT2D eigenvalue weighted by Crippen LogP contribution is -2.38. The molecule has 0 bridgehead atoms. The van der Waals surface area contributed by atoms with Gasteiger partial charge in [0, 0.05) is 47.5 Å². The molecule has 0 atom stereocenters. The van der Waals surface area contributed by atoms with E-state index in [1.807, 2.05) is 84.9 Å². The molecular weight excluding hydrogens is 498 g/mol. The molecule has 0 unspecified atom stereocenters. The van der Waals surface area contributed by atoms with Crippen molar-refractivity contribution in [2.75, 3.05) is 23.3 Å². The van der Waals surface area contributed by atoms with Crippen LogP contribution in [0.15, 0.2) is 109 Å². The number of hydrogen-bond donors (Lipinski definition) is 1. The molecule has 1 N–H and O–H groups in total. The van der Waals surface area contributed by atoms with Crippen LogP contribution in [-0.4, -0.2) is 38.2 Å². The number of benzene rings is 3. The van der Waals surface area contributed by atoms with Crippen molar-refractivity contribution in [2.24, 2.45) is 0 Å². The molecule has 40 heavy (non-hydrogen) atoms. The van der Waals surface area contributed by atoms with Crippen molar-refractivity contribution >= 4 is 28.2 Å². The first-order valence-corrected chi connectivity index (χ1v) is 13.2. The highest BCUT2D eigenvalue weighted by Gasteiger charge is 2.19. The molecule has 1 saturated heterocycles. The fraction of sp³-hybridized carbons (Fsp3) is 0.0938. The van der Waals surface area contributed by atoms with Crippen molar-refractivity contribution in [2.45, 2.75) is 6.42 Å². The van der Waals surface area contributed by atoms with Gasteiger partial charge in [-0.1, -0.05) is 54.6 Å². The Kier molecular flexibility index (Phi) is 6.18. The minimum atomic E-state index is 0.491. The van der Waals surface area contributed by atoms with Crippen LogP contribution in [0.25, 0.3) is 33.3 Å². The summed E-state index contributed by atoms with van der Waals surface area (Å²) >= 11 is 0. The number of nitrogens with zero attached hydrogens (tertiary/aromatic N) is 6. The maximum absolute atomic E-state index is 6.20. The van der Waals surface area contributed by atoms with E-state index < -0.39 is 0 Å². The zero-order valence-electron chi connectivity index (χ0n) is 21.6. The average molecular weight is 524 g/mol. The maximum Gasteiger partial charge on any atom is 0.228 e. The van der Waals surface area contributed by atoms with E-state index in [1.54, 1.807) is 12.4 Å². The van der Waals surface area contributed by atoms with Crippen LogP contribution >= 0.6 is 0 Å². The smallest absolute Gasteiger partial charge is 0.228 e.